The summed E-state index contributed by atoms with van der Waals surface area (Å²) in [6.07, 6.45) is 1.55. The van der Waals surface area contributed by atoms with E-state index in [2.05, 4.69) is 10.3 Å². The van der Waals surface area contributed by atoms with E-state index in [-0.39, 0.29) is 40.0 Å². The lowest BCUT2D eigenvalue weighted by molar-refractivity contribution is -0.114. The molecule has 1 aliphatic rings. The molecule has 1 aromatic heterocycles. The van der Waals surface area contributed by atoms with Gasteiger partial charge in [-0.25, -0.2) is 16.8 Å². The second-order valence-electron chi connectivity index (χ2n) is 9.10. The normalized spacial score (nSPS) is 14.5. The van der Waals surface area contributed by atoms with Crippen LogP contribution < -0.4 is 14.4 Å². The quantitative estimate of drug-likeness (QED) is 0.312. The topological polar surface area (TPSA) is 135 Å². The molecule has 1 N–H and O–H groups in total. The summed E-state index contributed by atoms with van der Waals surface area (Å²) in [4.78, 5) is 17.8. The van der Waals surface area contributed by atoms with E-state index in [1.807, 2.05) is 0 Å². The van der Waals surface area contributed by atoms with Crippen molar-refractivity contribution in [3.05, 3.63) is 85.1 Å². The average Bonchev–Trinajstić information content (AvgIpc) is 3.00. The number of amides is 1. The molecule has 0 atom stereocenters. The van der Waals surface area contributed by atoms with Crippen molar-refractivity contribution in [1.82, 2.24) is 9.29 Å². The summed E-state index contributed by atoms with van der Waals surface area (Å²) in [5, 5.41) is 3.38. The zero-order valence-electron chi connectivity index (χ0n) is 22.1. The van der Waals surface area contributed by atoms with Crippen LogP contribution in [0.4, 0.5) is 11.4 Å². The maximum absolute atomic E-state index is 13.8. The van der Waals surface area contributed by atoms with Gasteiger partial charge in [0.05, 0.1) is 47.0 Å². The van der Waals surface area contributed by atoms with Crippen LogP contribution in [0.25, 0.3) is 10.9 Å². The Labute approximate surface area is 238 Å². The molecule has 0 spiro atoms. The molecule has 2 heterocycles. The van der Waals surface area contributed by atoms with Gasteiger partial charge in [-0.1, -0.05) is 36.4 Å². The van der Waals surface area contributed by atoms with Crippen molar-refractivity contribution < 1.29 is 31.1 Å². The molecule has 11 nitrogen and oxygen atoms in total. The molecule has 41 heavy (non-hydrogen) atoms. The summed E-state index contributed by atoms with van der Waals surface area (Å²) in [6, 6.07) is 20.6. The smallest absolute Gasteiger partial charge is 0.264 e. The van der Waals surface area contributed by atoms with Crippen LogP contribution in [0.3, 0.4) is 0 Å². The number of anilines is 2. The molecule has 0 saturated carbocycles. The molecule has 1 saturated heterocycles. The number of para-hydroxylation sites is 1. The zero-order valence-corrected chi connectivity index (χ0v) is 23.8. The molecule has 0 radical (unpaired) electrons. The third-order valence-electron chi connectivity index (χ3n) is 6.55. The van der Waals surface area contributed by atoms with Crippen LogP contribution >= 0.6 is 0 Å². The van der Waals surface area contributed by atoms with Gasteiger partial charge in [-0.15, -0.1) is 0 Å². The van der Waals surface area contributed by atoms with Gasteiger partial charge >= 0.3 is 0 Å². The Bertz CT molecular complexity index is 1770. The minimum absolute atomic E-state index is 0.00404. The van der Waals surface area contributed by atoms with Gasteiger partial charge in [0.25, 0.3) is 10.0 Å². The Morgan fingerprint density at radius 1 is 0.951 bits per heavy atom. The van der Waals surface area contributed by atoms with Crippen molar-refractivity contribution in [2.75, 3.05) is 49.6 Å². The Kier molecular flexibility index (Phi) is 8.22. The molecule has 3 aromatic carbocycles. The monoisotopic (exact) mass is 596 g/mol. The first-order chi connectivity index (χ1) is 19.7. The number of methoxy groups -OCH3 is 1. The zero-order chi connectivity index (χ0) is 29.0. The van der Waals surface area contributed by atoms with Crippen LogP contribution in [0.5, 0.6) is 5.75 Å². The number of benzene rings is 3. The molecular weight excluding hydrogens is 568 g/mol. The number of nitrogens with one attached hydrogen (secondary N) is 1. The highest BCUT2D eigenvalue weighted by Crippen LogP contribution is 2.32. The first kappa shape index (κ1) is 28.5. The van der Waals surface area contributed by atoms with Crippen molar-refractivity contribution in [2.24, 2.45) is 0 Å². The van der Waals surface area contributed by atoms with Crippen LogP contribution in [0.15, 0.2) is 94.9 Å². The summed E-state index contributed by atoms with van der Waals surface area (Å²) in [5.41, 5.74) is 0.838. The van der Waals surface area contributed by atoms with Gasteiger partial charge in [0.1, 0.15) is 12.3 Å². The van der Waals surface area contributed by atoms with Crippen molar-refractivity contribution in [2.45, 2.75) is 9.79 Å². The predicted molar refractivity (Wildman–Crippen MR) is 154 cm³/mol. The standard InChI is InChI=1S/C28H28N4O7S2/c1-38-26-19-23(40(34,35)31-15-17-39-18-16-31)12-13-24(26)30-27(33)20-32(41(36,37)22-9-3-2-4-10-22)25-11-5-7-21-8-6-14-29-28(21)25/h2-14,19H,15-18,20H2,1H3,(H,30,33). The molecule has 4 aromatic rings. The van der Waals surface area contributed by atoms with Crippen LogP contribution in [-0.2, 0) is 29.6 Å². The fourth-order valence-corrected chi connectivity index (χ4v) is 7.37. The van der Waals surface area contributed by atoms with Crippen molar-refractivity contribution in [3.8, 4) is 5.75 Å². The molecule has 1 aliphatic heterocycles. The van der Waals surface area contributed by atoms with Crippen LogP contribution in [0.2, 0.25) is 0 Å². The van der Waals surface area contributed by atoms with E-state index in [1.54, 1.807) is 54.7 Å². The van der Waals surface area contributed by atoms with E-state index < -0.39 is 32.5 Å². The number of rotatable bonds is 9. The maximum Gasteiger partial charge on any atom is 0.264 e. The summed E-state index contributed by atoms with van der Waals surface area (Å²) >= 11 is 0. The van der Waals surface area contributed by atoms with Gasteiger partial charge in [0.2, 0.25) is 15.9 Å². The summed E-state index contributed by atoms with van der Waals surface area (Å²) < 4.78 is 66.8. The first-order valence-corrected chi connectivity index (χ1v) is 15.6. The molecule has 214 valence electrons. The molecule has 5 rings (SSSR count). The maximum atomic E-state index is 13.8. The van der Waals surface area contributed by atoms with E-state index >= 15 is 0 Å². The van der Waals surface area contributed by atoms with E-state index in [0.29, 0.717) is 24.1 Å². The fourth-order valence-electron chi connectivity index (χ4n) is 4.50. The lowest BCUT2D eigenvalue weighted by atomic mass is 10.2. The number of carbonyl (C=O) groups excluding carboxylic acids is 1. The second kappa shape index (κ2) is 11.8. The molecular formula is C28H28N4O7S2. The summed E-state index contributed by atoms with van der Waals surface area (Å²) in [7, 11) is -6.63. The Balaban J connectivity index is 1.46. The molecule has 13 heteroatoms. The van der Waals surface area contributed by atoms with Crippen LogP contribution in [0, 0.1) is 0 Å². The highest BCUT2D eigenvalue weighted by molar-refractivity contribution is 7.93. The predicted octanol–water partition coefficient (Wildman–Crippen LogP) is 3.10. The Morgan fingerprint density at radius 3 is 2.41 bits per heavy atom. The summed E-state index contributed by atoms with van der Waals surface area (Å²) in [6.45, 7) is 0.498. The first-order valence-electron chi connectivity index (χ1n) is 12.7. The highest BCUT2D eigenvalue weighted by Gasteiger charge is 2.30. The van der Waals surface area contributed by atoms with Crippen molar-refractivity contribution in [1.29, 1.82) is 0 Å². The number of carbonyl (C=O) groups is 1. The molecule has 0 aliphatic carbocycles. The molecule has 1 amide bonds. The van der Waals surface area contributed by atoms with Gasteiger partial charge < -0.3 is 14.8 Å². The Morgan fingerprint density at radius 2 is 1.68 bits per heavy atom. The van der Waals surface area contributed by atoms with Gasteiger partial charge in [0, 0.05) is 30.7 Å². The minimum atomic E-state index is -4.18. The van der Waals surface area contributed by atoms with Gasteiger partial charge in [-0.2, -0.15) is 4.31 Å². The number of fused-ring (bicyclic) bond motifs is 1. The average molecular weight is 597 g/mol. The van der Waals surface area contributed by atoms with Gasteiger partial charge in [-0.05, 0) is 36.4 Å². The third kappa shape index (κ3) is 5.88. The number of morpholine rings is 1. The lowest BCUT2D eigenvalue weighted by Crippen LogP contribution is -2.40. The molecule has 0 unspecified atom stereocenters. The summed E-state index contributed by atoms with van der Waals surface area (Å²) in [5.74, 6) is -0.559. The third-order valence-corrected chi connectivity index (χ3v) is 10.2. The molecule has 0 bridgehead atoms. The van der Waals surface area contributed by atoms with E-state index in [9.17, 15) is 21.6 Å². The second-order valence-corrected chi connectivity index (χ2v) is 12.9. The van der Waals surface area contributed by atoms with E-state index in [4.69, 9.17) is 9.47 Å². The van der Waals surface area contributed by atoms with Crippen LogP contribution in [0.1, 0.15) is 0 Å². The van der Waals surface area contributed by atoms with Crippen molar-refractivity contribution >= 4 is 48.2 Å². The number of sulfonamides is 2. The number of hydrogen-bond donors (Lipinski definition) is 1. The Hall–Kier alpha value is -4.04. The van der Waals surface area contributed by atoms with E-state index in [0.717, 1.165) is 4.31 Å². The number of hydrogen-bond acceptors (Lipinski definition) is 8. The number of aromatic nitrogens is 1. The molecule has 1 fully saturated rings. The van der Waals surface area contributed by atoms with Crippen LogP contribution in [-0.4, -0.2) is 72.0 Å². The number of ether oxygens (including phenoxy) is 2. The number of nitrogens with zero attached hydrogens (tertiary/aromatic N) is 3. The van der Waals surface area contributed by atoms with Gasteiger partial charge in [0.15, 0.2) is 0 Å². The minimum Gasteiger partial charge on any atom is -0.495 e. The fraction of sp³-hybridized carbons (Fsp3) is 0.214. The SMILES string of the molecule is COc1cc(S(=O)(=O)N2CCOCC2)ccc1NC(=O)CN(c1cccc2cccnc12)S(=O)(=O)c1ccccc1. The van der Waals surface area contributed by atoms with Crippen molar-refractivity contribution in [3.63, 3.8) is 0 Å². The highest BCUT2D eigenvalue weighted by atomic mass is 32.2. The lowest BCUT2D eigenvalue weighted by Gasteiger charge is -2.26. The van der Waals surface area contributed by atoms with E-state index in [1.165, 1.54) is 41.7 Å². The number of pyridine rings is 1. The van der Waals surface area contributed by atoms with Gasteiger partial charge in [-0.3, -0.25) is 14.1 Å². The largest absolute Gasteiger partial charge is 0.495 e.